The molecule has 0 saturated carbocycles. The maximum absolute atomic E-state index is 13.0. The van der Waals surface area contributed by atoms with Crippen LogP contribution in [0.3, 0.4) is 0 Å². The van der Waals surface area contributed by atoms with Crippen LogP contribution >= 0.6 is 11.6 Å². The van der Waals surface area contributed by atoms with Crippen molar-refractivity contribution in [2.45, 2.75) is 20.8 Å². The number of imidazole rings is 1. The monoisotopic (exact) mass is 486 g/mol. The number of nitrogens with zero attached hydrogens (tertiary/aromatic N) is 3. The van der Waals surface area contributed by atoms with Gasteiger partial charge < -0.3 is 4.90 Å². The molecular weight excluding hydrogens is 460 g/mol. The van der Waals surface area contributed by atoms with E-state index in [0.717, 1.165) is 22.5 Å². The molecule has 1 aromatic heterocycles. The topological polar surface area (TPSA) is 67.2 Å². The van der Waals surface area contributed by atoms with E-state index in [4.69, 9.17) is 16.6 Å². The van der Waals surface area contributed by atoms with Crippen molar-refractivity contribution in [2.75, 3.05) is 18.4 Å². The SMILES string of the molecule is CCN(CC(=O)Nc1nc(-c2ccccc2)cn1-c1ccc(C)c(C)c1)C(=O)c1ccc(Cl)cc1. The van der Waals surface area contributed by atoms with Crippen LogP contribution in [0.4, 0.5) is 5.95 Å². The summed E-state index contributed by atoms with van der Waals surface area (Å²) in [5.74, 6) is -0.168. The second-order valence-corrected chi connectivity index (χ2v) is 8.77. The summed E-state index contributed by atoms with van der Waals surface area (Å²) in [5.41, 5.74) is 5.37. The summed E-state index contributed by atoms with van der Waals surface area (Å²) in [7, 11) is 0. The number of likely N-dealkylation sites (N-methyl/N-ethyl adjacent to an activating group) is 1. The van der Waals surface area contributed by atoms with Crippen molar-refractivity contribution in [3.63, 3.8) is 0 Å². The van der Waals surface area contributed by atoms with Gasteiger partial charge in [-0.25, -0.2) is 4.98 Å². The Bertz CT molecular complexity index is 1350. The molecule has 3 aromatic carbocycles. The zero-order valence-electron chi connectivity index (χ0n) is 20.0. The molecule has 4 rings (SSSR count). The van der Waals surface area contributed by atoms with Crippen molar-refractivity contribution in [3.8, 4) is 16.9 Å². The zero-order chi connectivity index (χ0) is 24.9. The highest BCUT2D eigenvalue weighted by atomic mass is 35.5. The minimum absolute atomic E-state index is 0.0988. The van der Waals surface area contributed by atoms with Gasteiger partial charge in [0.2, 0.25) is 11.9 Å². The summed E-state index contributed by atoms with van der Waals surface area (Å²) in [6.07, 6.45) is 1.91. The number of aromatic nitrogens is 2. The van der Waals surface area contributed by atoms with Crippen LogP contribution in [-0.4, -0.2) is 39.4 Å². The lowest BCUT2D eigenvalue weighted by molar-refractivity contribution is -0.116. The Morgan fingerprint density at radius 2 is 1.69 bits per heavy atom. The molecule has 0 unspecified atom stereocenters. The second-order valence-electron chi connectivity index (χ2n) is 8.33. The van der Waals surface area contributed by atoms with E-state index in [9.17, 15) is 9.59 Å². The molecule has 6 nitrogen and oxygen atoms in total. The number of aryl methyl sites for hydroxylation is 2. The van der Waals surface area contributed by atoms with E-state index in [2.05, 4.69) is 18.3 Å². The first-order chi connectivity index (χ1) is 16.9. The molecule has 178 valence electrons. The van der Waals surface area contributed by atoms with E-state index < -0.39 is 0 Å². The number of hydrogen-bond donors (Lipinski definition) is 1. The van der Waals surface area contributed by atoms with E-state index >= 15 is 0 Å². The summed E-state index contributed by atoms with van der Waals surface area (Å²) in [6, 6.07) is 22.5. The van der Waals surface area contributed by atoms with Crippen molar-refractivity contribution >= 4 is 29.4 Å². The van der Waals surface area contributed by atoms with Gasteiger partial charge in [0, 0.05) is 34.6 Å². The fourth-order valence-electron chi connectivity index (χ4n) is 3.73. The quantitative estimate of drug-likeness (QED) is 0.353. The van der Waals surface area contributed by atoms with E-state index in [1.165, 1.54) is 10.5 Å². The first-order valence-electron chi connectivity index (χ1n) is 11.4. The van der Waals surface area contributed by atoms with Crippen LogP contribution in [0.15, 0.2) is 79.0 Å². The van der Waals surface area contributed by atoms with Crippen LogP contribution < -0.4 is 5.32 Å². The second kappa shape index (κ2) is 10.6. The van der Waals surface area contributed by atoms with Crippen molar-refractivity contribution < 1.29 is 9.59 Å². The van der Waals surface area contributed by atoms with Gasteiger partial charge >= 0.3 is 0 Å². The molecule has 2 amide bonds. The maximum Gasteiger partial charge on any atom is 0.254 e. The van der Waals surface area contributed by atoms with Crippen LogP contribution in [0.1, 0.15) is 28.4 Å². The molecule has 1 N–H and O–H groups in total. The predicted molar refractivity (Wildman–Crippen MR) is 140 cm³/mol. The average molecular weight is 487 g/mol. The molecule has 0 spiro atoms. The van der Waals surface area contributed by atoms with Crippen LogP contribution in [0.25, 0.3) is 16.9 Å². The van der Waals surface area contributed by atoms with Gasteiger partial charge in [-0.1, -0.05) is 48.0 Å². The lowest BCUT2D eigenvalue weighted by Crippen LogP contribution is -2.38. The van der Waals surface area contributed by atoms with Crippen molar-refractivity contribution in [2.24, 2.45) is 0 Å². The van der Waals surface area contributed by atoms with Gasteiger partial charge in [-0.15, -0.1) is 0 Å². The number of carbonyl (C=O) groups is 2. The van der Waals surface area contributed by atoms with E-state index in [1.54, 1.807) is 24.3 Å². The molecule has 0 bridgehead atoms. The molecule has 1 heterocycles. The fraction of sp³-hybridized carbons (Fsp3) is 0.179. The zero-order valence-corrected chi connectivity index (χ0v) is 20.7. The summed E-state index contributed by atoms with van der Waals surface area (Å²) in [6.45, 7) is 6.23. The largest absolute Gasteiger partial charge is 0.330 e. The van der Waals surface area contributed by atoms with Gasteiger partial charge in [0.25, 0.3) is 5.91 Å². The Kier molecular flexibility index (Phi) is 7.32. The Labute approximate surface area is 210 Å². The van der Waals surface area contributed by atoms with E-state index in [1.807, 2.05) is 67.1 Å². The molecule has 0 aliphatic heterocycles. The summed E-state index contributed by atoms with van der Waals surface area (Å²) in [5, 5.41) is 3.46. The standard InChI is InChI=1S/C28H27ClN4O2/c1-4-32(27(35)22-11-13-23(29)14-12-22)18-26(34)31-28-30-25(21-8-6-5-7-9-21)17-33(28)24-15-10-19(2)20(3)16-24/h5-17H,4,18H2,1-3H3,(H,30,31,34). The molecule has 0 saturated heterocycles. The number of nitrogens with one attached hydrogen (secondary N) is 1. The summed E-state index contributed by atoms with van der Waals surface area (Å²) in [4.78, 5) is 32.1. The summed E-state index contributed by atoms with van der Waals surface area (Å²) >= 11 is 5.94. The minimum atomic E-state index is -0.329. The molecule has 0 radical (unpaired) electrons. The number of amides is 2. The normalized spacial score (nSPS) is 10.7. The smallest absolute Gasteiger partial charge is 0.254 e. The number of benzene rings is 3. The third-order valence-electron chi connectivity index (χ3n) is 5.89. The first-order valence-corrected chi connectivity index (χ1v) is 11.8. The van der Waals surface area contributed by atoms with Gasteiger partial charge in [-0.2, -0.15) is 0 Å². The minimum Gasteiger partial charge on any atom is -0.330 e. The molecule has 0 aliphatic rings. The molecule has 0 atom stereocenters. The Hall–Kier alpha value is -3.90. The van der Waals surface area contributed by atoms with Crippen molar-refractivity contribution in [1.29, 1.82) is 0 Å². The molecule has 0 fully saturated rings. The molecule has 7 heteroatoms. The predicted octanol–water partition coefficient (Wildman–Crippen LogP) is 5.91. The molecule has 4 aromatic rings. The van der Waals surface area contributed by atoms with Gasteiger partial charge in [0.1, 0.15) is 6.54 Å². The third kappa shape index (κ3) is 5.61. The number of carbonyl (C=O) groups excluding carboxylic acids is 2. The number of hydrogen-bond acceptors (Lipinski definition) is 3. The fourth-order valence-corrected chi connectivity index (χ4v) is 3.85. The van der Waals surface area contributed by atoms with Gasteiger partial charge in [-0.05, 0) is 68.3 Å². The number of anilines is 1. The number of rotatable bonds is 7. The Balaban J connectivity index is 1.60. The van der Waals surface area contributed by atoms with Crippen LogP contribution in [0.5, 0.6) is 0 Å². The van der Waals surface area contributed by atoms with Crippen molar-refractivity contribution in [1.82, 2.24) is 14.5 Å². The molecular formula is C28H27ClN4O2. The highest BCUT2D eigenvalue weighted by Crippen LogP contribution is 2.25. The van der Waals surface area contributed by atoms with Gasteiger partial charge in [0.15, 0.2) is 0 Å². The van der Waals surface area contributed by atoms with Crippen LogP contribution in [-0.2, 0) is 4.79 Å². The van der Waals surface area contributed by atoms with E-state index in [-0.39, 0.29) is 18.4 Å². The lowest BCUT2D eigenvalue weighted by atomic mass is 10.1. The lowest BCUT2D eigenvalue weighted by Gasteiger charge is -2.20. The maximum atomic E-state index is 13.0. The highest BCUT2D eigenvalue weighted by Gasteiger charge is 2.20. The molecule has 35 heavy (non-hydrogen) atoms. The molecule has 0 aliphatic carbocycles. The van der Waals surface area contributed by atoms with E-state index in [0.29, 0.717) is 23.1 Å². The third-order valence-corrected chi connectivity index (χ3v) is 6.14. The Morgan fingerprint density at radius 3 is 2.34 bits per heavy atom. The van der Waals surface area contributed by atoms with Crippen LogP contribution in [0, 0.1) is 13.8 Å². The van der Waals surface area contributed by atoms with Gasteiger partial charge in [0.05, 0.1) is 5.69 Å². The van der Waals surface area contributed by atoms with Gasteiger partial charge in [-0.3, -0.25) is 19.5 Å². The first kappa shape index (κ1) is 24.2. The highest BCUT2D eigenvalue weighted by molar-refractivity contribution is 6.30. The number of halogens is 1. The van der Waals surface area contributed by atoms with Crippen molar-refractivity contribution in [3.05, 3.63) is 101 Å². The Morgan fingerprint density at radius 1 is 0.971 bits per heavy atom. The van der Waals surface area contributed by atoms with Crippen LogP contribution in [0.2, 0.25) is 5.02 Å². The summed E-state index contributed by atoms with van der Waals surface area (Å²) < 4.78 is 1.87. The average Bonchev–Trinajstić information content (AvgIpc) is 3.28.